The van der Waals surface area contributed by atoms with Crippen molar-refractivity contribution in [3.63, 3.8) is 0 Å². The van der Waals surface area contributed by atoms with Gasteiger partial charge in [0.05, 0.1) is 22.3 Å². The van der Waals surface area contributed by atoms with Crippen LogP contribution in [0.15, 0.2) is 30.5 Å². The molecule has 0 saturated carbocycles. The Bertz CT molecular complexity index is 630. The van der Waals surface area contributed by atoms with E-state index in [-0.39, 0.29) is 11.8 Å². The summed E-state index contributed by atoms with van der Waals surface area (Å²) in [4.78, 5) is 16.4. The predicted octanol–water partition coefficient (Wildman–Crippen LogP) is 3.20. The zero-order valence-corrected chi connectivity index (χ0v) is 12.3. The maximum atomic E-state index is 12.2. The number of hydrogen-bond acceptors (Lipinski definition) is 3. The summed E-state index contributed by atoms with van der Waals surface area (Å²) in [5.41, 5.74) is 7.29. The van der Waals surface area contributed by atoms with Crippen LogP contribution in [0.1, 0.15) is 20.3 Å². The van der Waals surface area contributed by atoms with Crippen LogP contribution in [0.25, 0.3) is 10.9 Å². The van der Waals surface area contributed by atoms with E-state index in [4.69, 9.17) is 17.3 Å². The number of pyridine rings is 1. The number of fused-ring (bicyclic) bond motifs is 1. The molecule has 2 rings (SSSR count). The number of anilines is 1. The van der Waals surface area contributed by atoms with E-state index in [1.54, 1.807) is 18.3 Å². The molecule has 3 N–H and O–H groups in total. The summed E-state index contributed by atoms with van der Waals surface area (Å²) >= 11 is 6.10. The minimum atomic E-state index is -0.526. The van der Waals surface area contributed by atoms with Crippen molar-refractivity contribution < 1.29 is 4.79 Å². The highest BCUT2D eigenvalue weighted by Crippen LogP contribution is 2.28. The fourth-order valence-corrected chi connectivity index (χ4v) is 2.19. The van der Waals surface area contributed by atoms with Crippen LogP contribution in [0.5, 0.6) is 0 Å². The predicted molar refractivity (Wildman–Crippen MR) is 82.8 cm³/mol. The molecule has 0 spiro atoms. The minimum Gasteiger partial charge on any atom is -0.324 e. The molecule has 1 aromatic heterocycles. The zero-order valence-electron chi connectivity index (χ0n) is 11.6. The first kappa shape index (κ1) is 14.8. The Hall–Kier alpha value is -1.65. The number of nitrogens with zero attached hydrogens (tertiary/aromatic N) is 1. The zero-order chi connectivity index (χ0) is 14.7. The van der Waals surface area contributed by atoms with E-state index in [2.05, 4.69) is 10.3 Å². The van der Waals surface area contributed by atoms with Crippen molar-refractivity contribution >= 4 is 34.1 Å². The Balaban J connectivity index is 2.31. The third kappa shape index (κ3) is 2.92. The molecule has 2 atom stereocenters. The monoisotopic (exact) mass is 291 g/mol. The number of amides is 1. The third-order valence-corrected chi connectivity index (χ3v) is 3.84. The van der Waals surface area contributed by atoms with Gasteiger partial charge in [0.2, 0.25) is 5.91 Å². The van der Waals surface area contributed by atoms with E-state index < -0.39 is 6.04 Å². The average molecular weight is 292 g/mol. The van der Waals surface area contributed by atoms with Gasteiger partial charge in [-0.1, -0.05) is 31.9 Å². The van der Waals surface area contributed by atoms with Crippen LogP contribution in [0, 0.1) is 5.92 Å². The third-order valence-electron chi connectivity index (χ3n) is 3.54. The van der Waals surface area contributed by atoms with Gasteiger partial charge in [0.1, 0.15) is 0 Å². The lowest BCUT2D eigenvalue weighted by atomic mass is 9.99. The van der Waals surface area contributed by atoms with Gasteiger partial charge < -0.3 is 11.1 Å². The summed E-state index contributed by atoms with van der Waals surface area (Å²) in [7, 11) is 0. The van der Waals surface area contributed by atoms with Gasteiger partial charge in [-0.15, -0.1) is 0 Å². The van der Waals surface area contributed by atoms with Crippen molar-refractivity contribution in [2.45, 2.75) is 26.3 Å². The number of hydrogen-bond donors (Lipinski definition) is 2. The molecule has 0 aliphatic heterocycles. The quantitative estimate of drug-likeness (QED) is 0.909. The first-order chi connectivity index (χ1) is 9.54. The SMILES string of the molecule is CCC(C)C(N)C(=O)Nc1ccc(Cl)c2ncccc12. The van der Waals surface area contributed by atoms with Gasteiger partial charge in [-0.3, -0.25) is 9.78 Å². The second kappa shape index (κ2) is 6.20. The molecule has 5 heteroatoms. The number of benzene rings is 1. The smallest absolute Gasteiger partial charge is 0.241 e. The van der Waals surface area contributed by atoms with E-state index in [9.17, 15) is 4.79 Å². The van der Waals surface area contributed by atoms with E-state index in [1.807, 2.05) is 26.0 Å². The van der Waals surface area contributed by atoms with Crippen LogP contribution in [-0.4, -0.2) is 16.9 Å². The number of halogens is 1. The molecular weight excluding hydrogens is 274 g/mol. The van der Waals surface area contributed by atoms with Crippen molar-refractivity contribution in [2.75, 3.05) is 5.32 Å². The van der Waals surface area contributed by atoms with Gasteiger partial charge in [0.15, 0.2) is 0 Å². The van der Waals surface area contributed by atoms with E-state index in [0.717, 1.165) is 11.8 Å². The number of carbonyl (C=O) groups is 1. The molecule has 106 valence electrons. The fraction of sp³-hybridized carbons (Fsp3) is 0.333. The Morgan fingerprint density at radius 1 is 1.45 bits per heavy atom. The molecule has 0 aliphatic carbocycles. The van der Waals surface area contributed by atoms with Gasteiger partial charge in [0, 0.05) is 11.6 Å². The van der Waals surface area contributed by atoms with Crippen LogP contribution in [0.3, 0.4) is 0 Å². The van der Waals surface area contributed by atoms with Gasteiger partial charge >= 0.3 is 0 Å². The molecular formula is C15H18ClN3O. The van der Waals surface area contributed by atoms with E-state index in [1.165, 1.54) is 0 Å². The summed E-state index contributed by atoms with van der Waals surface area (Å²) < 4.78 is 0. The number of aromatic nitrogens is 1. The van der Waals surface area contributed by atoms with Crippen molar-refractivity contribution in [2.24, 2.45) is 11.7 Å². The van der Waals surface area contributed by atoms with Gasteiger partial charge in [-0.25, -0.2) is 0 Å². The topological polar surface area (TPSA) is 68.0 Å². The summed E-state index contributed by atoms with van der Waals surface area (Å²) in [6.07, 6.45) is 2.53. The average Bonchev–Trinajstić information content (AvgIpc) is 2.48. The molecule has 1 amide bonds. The molecule has 2 aromatic rings. The summed E-state index contributed by atoms with van der Waals surface area (Å²) in [5.74, 6) is -0.0569. The summed E-state index contributed by atoms with van der Waals surface area (Å²) in [6.45, 7) is 3.98. The second-order valence-corrected chi connectivity index (χ2v) is 5.30. The lowest BCUT2D eigenvalue weighted by molar-refractivity contribution is -0.118. The van der Waals surface area contributed by atoms with Crippen molar-refractivity contribution in [3.8, 4) is 0 Å². The Morgan fingerprint density at radius 2 is 2.20 bits per heavy atom. The summed E-state index contributed by atoms with van der Waals surface area (Å²) in [5, 5.41) is 4.23. The molecule has 0 radical (unpaired) electrons. The highest BCUT2D eigenvalue weighted by atomic mass is 35.5. The van der Waals surface area contributed by atoms with E-state index >= 15 is 0 Å². The van der Waals surface area contributed by atoms with Crippen LogP contribution in [-0.2, 0) is 4.79 Å². The second-order valence-electron chi connectivity index (χ2n) is 4.90. The highest BCUT2D eigenvalue weighted by molar-refractivity contribution is 6.35. The maximum Gasteiger partial charge on any atom is 0.241 e. The number of rotatable bonds is 4. The summed E-state index contributed by atoms with van der Waals surface area (Å²) in [6, 6.07) is 6.65. The molecule has 4 nitrogen and oxygen atoms in total. The Labute approximate surface area is 123 Å². The Morgan fingerprint density at radius 3 is 2.90 bits per heavy atom. The van der Waals surface area contributed by atoms with Gasteiger partial charge in [-0.2, -0.15) is 0 Å². The molecule has 2 unspecified atom stereocenters. The molecule has 1 heterocycles. The highest BCUT2D eigenvalue weighted by Gasteiger charge is 2.20. The lowest BCUT2D eigenvalue weighted by Crippen LogP contribution is -2.40. The maximum absolute atomic E-state index is 12.2. The normalized spacial score (nSPS) is 14.0. The van der Waals surface area contributed by atoms with Gasteiger partial charge in [-0.05, 0) is 30.2 Å². The van der Waals surface area contributed by atoms with Gasteiger partial charge in [0.25, 0.3) is 0 Å². The number of nitrogens with one attached hydrogen (secondary N) is 1. The van der Waals surface area contributed by atoms with Crippen LogP contribution < -0.4 is 11.1 Å². The number of nitrogens with two attached hydrogens (primary N) is 1. The van der Waals surface area contributed by atoms with Crippen LogP contribution in [0.2, 0.25) is 5.02 Å². The largest absolute Gasteiger partial charge is 0.324 e. The standard InChI is InChI=1S/C15H18ClN3O/c1-3-9(2)13(17)15(20)19-12-7-6-11(16)14-10(12)5-4-8-18-14/h4-9,13H,3,17H2,1-2H3,(H,19,20). The first-order valence-electron chi connectivity index (χ1n) is 6.64. The lowest BCUT2D eigenvalue weighted by Gasteiger charge is -2.18. The molecule has 0 aliphatic rings. The minimum absolute atomic E-state index is 0.131. The van der Waals surface area contributed by atoms with Crippen molar-refractivity contribution in [1.82, 2.24) is 4.98 Å². The van der Waals surface area contributed by atoms with E-state index in [0.29, 0.717) is 16.2 Å². The molecule has 0 bridgehead atoms. The van der Waals surface area contributed by atoms with Crippen LogP contribution in [0.4, 0.5) is 5.69 Å². The Kier molecular flexibility index (Phi) is 4.57. The number of carbonyl (C=O) groups excluding carboxylic acids is 1. The first-order valence-corrected chi connectivity index (χ1v) is 7.02. The van der Waals surface area contributed by atoms with Crippen molar-refractivity contribution in [3.05, 3.63) is 35.5 Å². The van der Waals surface area contributed by atoms with Crippen LogP contribution >= 0.6 is 11.6 Å². The van der Waals surface area contributed by atoms with Crippen molar-refractivity contribution in [1.29, 1.82) is 0 Å². The molecule has 1 aromatic carbocycles. The molecule has 20 heavy (non-hydrogen) atoms. The molecule has 0 fully saturated rings. The fourth-order valence-electron chi connectivity index (χ4n) is 1.98. The molecule has 0 saturated heterocycles.